The minimum atomic E-state index is -0.459. The molecule has 0 aliphatic rings. The van der Waals surface area contributed by atoms with Crippen molar-refractivity contribution >= 4 is 56.6 Å². The SMILES string of the molecule is COc1cc2ncnc(Nc3ccc(F)c(Cl)c3)c2cc1I. The van der Waals surface area contributed by atoms with Crippen molar-refractivity contribution < 1.29 is 9.13 Å². The van der Waals surface area contributed by atoms with E-state index in [-0.39, 0.29) is 5.02 Å². The highest BCUT2D eigenvalue weighted by Gasteiger charge is 2.10. The van der Waals surface area contributed by atoms with Crippen molar-refractivity contribution in [1.82, 2.24) is 9.97 Å². The summed E-state index contributed by atoms with van der Waals surface area (Å²) < 4.78 is 19.5. The highest BCUT2D eigenvalue weighted by Crippen LogP contribution is 2.31. The number of halogens is 3. The third kappa shape index (κ3) is 2.93. The van der Waals surface area contributed by atoms with Crippen molar-refractivity contribution in [3.05, 3.63) is 51.1 Å². The van der Waals surface area contributed by atoms with Crippen molar-refractivity contribution in [3.8, 4) is 5.75 Å². The molecule has 112 valence electrons. The maximum absolute atomic E-state index is 13.2. The van der Waals surface area contributed by atoms with E-state index in [1.54, 1.807) is 13.2 Å². The highest BCUT2D eigenvalue weighted by molar-refractivity contribution is 14.1. The molecule has 0 atom stereocenters. The molecule has 0 radical (unpaired) electrons. The molecule has 2 aromatic carbocycles. The van der Waals surface area contributed by atoms with E-state index in [0.717, 1.165) is 20.2 Å². The number of rotatable bonds is 3. The lowest BCUT2D eigenvalue weighted by atomic mass is 10.2. The van der Waals surface area contributed by atoms with Gasteiger partial charge in [0.2, 0.25) is 0 Å². The van der Waals surface area contributed by atoms with Gasteiger partial charge in [0, 0.05) is 17.1 Å². The van der Waals surface area contributed by atoms with Crippen LogP contribution in [0.2, 0.25) is 5.02 Å². The molecule has 0 bridgehead atoms. The lowest BCUT2D eigenvalue weighted by Crippen LogP contribution is -1.97. The van der Waals surface area contributed by atoms with Crippen LogP contribution in [0.15, 0.2) is 36.7 Å². The van der Waals surface area contributed by atoms with Gasteiger partial charge < -0.3 is 10.1 Å². The third-order valence-corrected chi connectivity index (χ3v) is 4.22. The predicted octanol–water partition coefficient (Wildman–Crippen LogP) is 4.78. The molecule has 22 heavy (non-hydrogen) atoms. The summed E-state index contributed by atoms with van der Waals surface area (Å²) in [4.78, 5) is 8.49. The smallest absolute Gasteiger partial charge is 0.141 e. The van der Waals surface area contributed by atoms with E-state index >= 15 is 0 Å². The van der Waals surface area contributed by atoms with E-state index in [1.165, 1.54) is 18.5 Å². The van der Waals surface area contributed by atoms with E-state index in [1.807, 2.05) is 12.1 Å². The second-order valence-electron chi connectivity index (χ2n) is 4.48. The summed E-state index contributed by atoms with van der Waals surface area (Å²) in [5, 5.41) is 4.03. The molecule has 0 aliphatic carbocycles. The molecular weight excluding hydrogens is 420 g/mol. The molecule has 0 aliphatic heterocycles. The first kappa shape index (κ1) is 15.2. The summed E-state index contributed by atoms with van der Waals surface area (Å²) in [5.41, 5.74) is 1.40. The molecule has 0 fully saturated rings. The van der Waals surface area contributed by atoms with Gasteiger partial charge in [-0.1, -0.05) is 11.6 Å². The average molecular weight is 430 g/mol. The minimum Gasteiger partial charge on any atom is -0.496 e. The van der Waals surface area contributed by atoms with E-state index < -0.39 is 5.82 Å². The third-order valence-electron chi connectivity index (χ3n) is 3.09. The van der Waals surface area contributed by atoms with Crippen LogP contribution in [0.3, 0.4) is 0 Å². The molecule has 3 rings (SSSR count). The Morgan fingerprint density at radius 3 is 2.77 bits per heavy atom. The molecule has 1 heterocycles. The molecule has 4 nitrogen and oxygen atoms in total. The Bertz CT molecular complexity index is 860. The minimum absolute atomic E-state index is 0.0552. The van der Waals surface area contributed by atoms with Crippen LogP contribution in [0.5, 0.6) is 5.75 Å². The zero-order chi connectivity index (χ0) is 15.7. The molecule has 0 spiro atoms. The van der Waals surface area contributed by atoms with Gasteiger partial charge in [-0.3, -0.25) is 0 Å². The predicted molar refractivity (Wildman–Crippen MR) is 93.5 cm³/mol. The molecule has 1 N–H and O–H groups in total. The molecule has 0 unspecified atom stereocenters. The Labute approximate surface area is 144 Å². The summed E-state index contributed by atoms with van der Waals surface area (Å²) in [5.74, 6) is 0.912. The van der Waals surface area contributed by atoms with Crippen molar-refractivity contribution in [2.24, 2.45) is 0 Å². The Morgan fingerprint density at radius 1 is 1.23 bits per heavy atom. The fraction of sp³-hybridized carbons (Fsp3) is 0.0667. The van der Waals surface area contributed by atoms with Gasteiger partial charge in [-0.25, -0.2) is 14.4 Å². The monoisotopic (exact) mass is 429 g/mol. The molecular formula is C15H10ClFIN3O. The standard InChI is InChI=1S/C15H10ClFIN3O/c1-22-14-6-13-9(5-12(14)18)15(20-7-19-13)21-8-2-3-11(17)10(16)4-8/h2-7H,1H3,(H,19,20,21). The van der Waals surface area contributed by atoms with Crippen LogP contribution < -0.4 is 10.1 Å². The Hall–Kier alpha value is -1.67. The number of hydrogen-bond acceptors (Lipinski definition) is 4. The second-order valence-corrected chi connectivity index (χ2v) is 6.05. The van der Waals surface area contributed by atoms with Gasteiger partial charge in [-0.05, 0) is 46.9 Å². The van der Waals surface area contributed by atoms with Crippen LogP contribution in [-0.2, 0) is 0 Å². The van der Waals surface area contributed by atoms with Crippen molar-refractivity contribution in [2.45, 2.75) is 0 Å². The first-order valence-electron chi connectivity index (χ1n) is 6.29. The average Bonchev–Trinajstić information content (AvgIpc) is 2.51. The molecule has 7 heteroatoms. The van der Waals surface area contributed by atoms with Crippen molar-refractivity contribution in [1.29, 1.82) is 0 Å². The number of fused-ring (bicyclic) bond motifs is 1. The van der Waals surface area contributed by atoms with Crippen molar-refractivity contribution in [2.75, 3.05) is 12.4 Å². The highest BCUT2D eigenvalue weighted by atomic mass is 127. The Balaban J connectivity index is 2.06. The number of nitrogens with zero attached hydrogens (tertiary/aromatic N) is 2. The van der Waals surface area contributed by atoms with Gasteiger partial charge in [-0.15, -0.1) is 0 Å². The Morgan fingerprint density at radius 2 is 2.05 bits per heavy atom. The lowest BCUT2D eigenvalue weighted by Gasteiger charge is -2.11. The number of nitrogens with one attached hydrogen (secondary N) is 1. The van der Waals surface area contributed by atoms with Crippen LogP contribution in [0.25, 0.3) is 10.9 Å². The maximum Gasteiger partial charge on any atom is 0.141 e. The summed E-state index contributed by atoms with van der Waals surface area (Å²) in [6.45, 7) is 0. The number of anilines is 2. The molecule has 0 saturated carbocycles. The largest absolute Gasteiger partial charge is 0.496 e. The topological polar surface area (TPSA) is 47.0 Å². The first-order valence-corrected chi connectivity index (χ1v) is 7.74. The summed E-state index contributed by atoms with van der Waals surface area (Å²) in [6.07, 6.45) is 1.46. The number of methoxy groups -OCH3 is 1. The van der Waals surface area contributed by atoms with Crippen LogP contribution in [0.1, 0.15) is 0 Å². The van der Waals surface area contributed by atoms with Crippen LogP contribution in [-0.4, -0.2) is 17.1 Å². The van der Waals surface area contributed by atoms with Gasteiger partial charge in [0.1, 0.15) is 23.7 Å². The maximum atomic E-state index is 13.2. The second kappa shape index (κ2) is 6.21. The quantitative estimate of drug-likeness (QED) is 0.609. The molecule has 0 amide bonds. The van der Waals surface area contributed by atoms with Gasteiger partial charge in [0.05, 0.1) is 21.2 Å². The van der Waals surface area contributed by atoms with E-state index in [9.17, 15) is 4.39 Å². The fourth-order valence-electron chi connectivity index (χ4n) is 2.02. The normalized spacial score (nSPS) is 10.7. The van der Waals surface area contributed by atoms with Gasteiger partial charge in [0.25, 0.3) is 0 Å². The summed E-state index contributed by atoms with van der Waals surface area (Å²) in [6, 6.07) is 8.20. The van der Waals surface area contributed by atoms with Gasteiger partial charge in [0.15, 0.2) is 0 Å². The molecule has 0 saturated heterocycles. The van der Waals surface area contributed by atoms with Crippen molar-refractivity contribution in [3.63, 3.8) is 0 Å². The molecule has 1 aromatic heterocycles. The summed E-state index contributed by atoms with van der Waals surface area (Å²) in [7, 11) is 1.62. The number of ether oxygens (including phenoxy) is 1. The van der Waals surface area contributed by atoms with E-state index in [2.05, 4.69) is 37.9 Å². The molecule has 3 aromatic rings. The van der Waals surface area contributed by atoms with Crippen LogP contribution in [0, 0.1) is 9.39 Å². The summed E-state index contributed by atoms with van der Waals surface area (Å²) >= 11 is 7.98. The number of hydrogen-bond donors (Lipinski definition) is 1. The zero-order valence-corrected chi connectivity index (χ0v) is 14.3. The van der Waals surface area contributed by atoms with Gasteiger partial charge in [-0.2, -0.15) is 0 Å². The van der Waals surface area contributed by atoms with Crippen LogP contribution in [0.4, 0.5) is 15.9 Å². The van der Waals surface area contributed by atoms with Gasteiger partial charge >= 0.3 is 0 Å². The number of aromatic nitrogens is 2. The zero-order valence-electron chi connectivity index (χ0n) is 11.4. The number of benzene rings is 2. The van der Waals surface area contributed by atoms with E-state index in [4.69, 9.17) is 16.3 Å². The first-order chi connectivity index (χ1) is 10.6. The van der Waals surface area contributed by atoms with E-state index in [0.29, 0.717) is 11.5 Å². The Kier molecular flexibility index (Phi) is 4.30. The fourth-order valence-corrected chi connectivity index (χ4v) is 2.89. The van der Waals surface area contributed by atoms with Crippen LogP contribution >= 0.6 is 34.2 Å². The lowest BCUT2D eigenvalue weighted by molar-refractivity contribution is 0.412.